The highest BCUT2D eigenvalue weighted by Crippen LogP contribution is 2.26. The molecule has 0 aliphatic heterocycles. The molecular formula is C19H31NO3. The van der Waals surface area contributed by atoms with Crippen LogP contribution in [0.2, 0.25) is 0 Å². The van der Waals surface area contributed by atoms with E-state index in [4.69, 9.17) is 4.74 Å². The summed E-state index contributed by atoms with van der Waals surface area (Å²) in [5, 5.41) is 13.5. The number of β-amino-alcohol motifs (C(OH)–C–C–N with tert-alkyl or cyclic N) is 1. The Balaban J connectivity index is 2.39. The average molecular weight is 321 g/mol. The Kier molecular flexibility index (Phi) is 6.78. The Morgan fingerprint density at radius 1 is 1.17 bits per heavy atom. The summed E-state index contributed by atoms with van der Waals surface area (Å²) in [6, 6.07) is 6.96. The van der Waals surface area contributed by atoms with Gasteiger partial charge in [0.15, 0.2) is 5.78 Å². The van der Waals surface area contributed by atoms with Crippen molar-refractivity contribution in [2.45, 2.75) is 59.6 Å². The molecule has 0 saturated carbocycles. The Morgan fingerprint density at radius 2 is 1.74 bits per heavy atom. The number of carbonyl (C=O) groups excluding carboxylic acids is 1. The number of hydrogen-bond donors (Lipinski definition) is 2. The minimum Gasteiger partial charge on any atom is -0.491 e. The van der Waals surface area contributed by atoms with E-state index in [1.807, 2.05) is 0 Å². The van der Waals surface area contributed by atoms with E-state index in [2.05, 4.69) is 39.9 Å². The van der Waals surface area contributed by atoms with Gasteiger partial charge in [0.05, 0.1) is 0 Å². The molecule has 130 valence electrons. The molecule has 4 heteroatoms. The van der Waals surface area contributed by atoms with Crippen LogP contribution in [0.3, 0.4) is 0 Å². The van der Waals surface area contributed by atoms with Gasteiger partial charge in [-0.1, -0.05) is 20.8 Å². The summed E-state index contributed by atoms with van der Waals surface area (Å²) in [7, 11) is 0. The number of benzene rings is 1. The zero-order valence-electron chi connectivity index (χ0n) is 15.3. The highest BCUT2D eigenvalue weighted by atomic mass is 16.5. The van der Waals surface area contributed by atoms with Crippen LogP contribution in [-0.2, 0) is 0 Å². The third-order valence-electron chi connectivity index (χ3n) is 3.49. The Morgan fingerprint density at radius 3 is 2.22 bits per heavy atom. The van der Waals surface area contributed by atoms with Crippen molar-refractivity contribution < 1.29 is 14.6 Å². The predicted molar refractivity (Wildman–Crippen MR) is 94.1 cm³/mol. The number of ketones is 1. The van der Waals surface area contributed by atoms with E-state index in [0.29, 0.717) is 17.9 Å². The largest absolute Gasteiger partial charge is 0.491 e. The summed E-state index contributed by atoms with van der Waals surface area (Å²) >= 11 is 0. The summed E-state index contributed by atoms with van der Waals surface area (Å²) in [6.07, 6.45) is 0.432. The number of nitrogens with one attached hydrogen (secondary N) is 1. The first-order valence-electron chi connectivity index (χ1n) is 8.15. The van der Waals surface area contributed by atoms with Crippen LogP contribution in [-0.4, -0.2) is 35.7 Å². The summed E-state index contributed by atoms with van der Waals surface area (Å²) in [4.78, 5) is 11.2. The molecule has 0 radical (unpaired) electrons. The topological polar surface area (TPSA) is 58.6 Å². The molecular weight excluding hydrogens is 290 g/mol. The number of aliphatic hydroxyl groups excluding tert-OH is 1. The smallest absolute Gasteiger partial charge is 0.159 e. The van der Waals surface area contributed by atoms with Gasteiger partial charge in [0, 0.05) is 17.6 Å². The van der Waals surface area contributed by atoms with Crippen molar-refractivity contribution in [3.63, 3.8) is 0 Å². The van der Waals surface area contributed by atoms with Gasteiger partial charge < -0.3 is 15.2 Å². The minimum atomic E-state index is -0.582. The van der Waals surface area contributed by atoms with Gasteiger partial charge >= 0.3 is 0 Å². The second-order valence-electron chi connectivity index (χ2n) is 8.05. The number of rotatable bonds is 8. The van der Waals surface area contributed by atoms with Crippen LogP contribution in [0.4, 0.5) is 0 Å². The average Bonchev–Trinajstić information content (AvgIpc) is 2.41. The Labute approximate surface area is 140 Å². The van der Waals surface area contributed by atoms with Gasteiger partial charge in [-0.05, 0) is 56.9 Å². The van der Waals surface area contributed by atoms with Gasteiger partial charge in [-0.25, -0.2) is 0 Å². The van der Waals surface area contributed by atoms with Gasteiger partial charge in [0.25, 0.3) is 0 Å². The molecule has 1 atom stereocenters. The lowest BCUT2D eigenvalue weighted by Crippen LogP contribution is -2.46. The second-order valence-corrected chi connectivity index (χ2v) is 8.05. The fourth-order valence-electron chi connectivity index (χ4n) is 2.82. The molecule has 1 rings (SSSR count). The zero-order chi connectivity index (χ0) is 17.7. The van der Waals surface area contributed by atoms with E-state index in [1.54, 1.807) is 24.3 Å². The molecule has 1 aromatic rings. The van der Waals surface area contributed by atoms with Gasteiger partial charge in [-0.3, -0.25) is 4.79 Å². The third-order valence-corrected chi connectivity index (χ3v) is 3.49. The first-order chi connectivity index (χ1) is 10.5. The molecule has 1 unspecified atom stereocenters. The molecule has 0 spiro atoms. The van der Waals surface area contributed by atoms with E-state index in [1.165, 1.54) is 6.92 Å². The van der Waals surface area contributed by atoms with Gasteiger partial charge in [0.2, 0.25) is 0 Å². The van der Waals surface area contributed by atoms with Crippen molar-refractivity contribution in [1.29, 1.82) is 0 Å². The van der Waals surface area contributed by atoms with Crippen LogP contribution in [0.1, 0.15) is 58.3 Å². The van der Waals surface area contributed by atoms with Crippen molar-refractivity contribution in [2.24, 2.45) is 5.41 Å². The number of hydrogen-bond acceptors (Lipinski definition) is 4. The lowest BCUT2D eigenvalue weighted by atomic mass is 9.82. The second kappa shape index (κ2) is 7.93. The quantitative estimate of drug-likeness (QED) is 0.720. The van der Waals surface area contributed by atoms with Crippen molar-refractivity contribution in [3.05, 3.63) is 29.8 Å². The van der Waals surface area contributed by atoms with E-state index in [-0.39, 0.29) is 23.3 Å². The fraction of sp³-hybridized carbons (Fsp3) is 0.632. The first-order valence-corrected chi connectivity index (χ1v) is 8.15. The molecule has 1 aromatic carbocycles. The molecule has 0 saturated heterocycles. The van der Waals surface area contributed by atoms with Crippen molar-refractivity contribution in [2.75, 3.05) is 13.2 Å². The molecule has 0 aliphatic carbocycles. The lowest BCUT2D eigenvalue weighted by molar-refractivity contribution is 0.0943. The normalized spacial score (nSPS) is 13.7. The summed E-state index contributed by atoms with van der Waals surface area (Å²) in [5.74, 6) is 0.685. The van der Waals surface area contributed by atoms with Crippen molar-refractivity contribution in [3.8, 4) is 5.75 Å². The van der Waals surface area contributed by atoms with E-state index in [0.717, 1.165) is 6.42 Å². The maximum atomic E-state index is 11.2. The zero-order valence-corrected chi connectivity index (χ0v) is 15.3. The van der Waals surface area contributed by atoms with Crippen molar-refractivity contribution >= 4 is 5.78 Å². The van der Waals surface area contributed by atoms with E-state index < -0.39 is 6.10 Å². The highest BCUT2D eigenvalue weighted by Gasteiger charge is 2.25. The number of carbonyl (C=O) groups is 1. The number of ether oxygens (including phenoxy) is 1. The predicted octanol–water partition coefficient (Wildman–Crippen LogP) is 3.43. The van der Waals surface area contributed by atoms with Crippen LogP contribution in [0.15, 0.2) is 24.3 Å². The van der Waals surface area contributed by atoms with Crippen LogP contribution in [0, 0.1) is 5.41 Å². The maximum absolute atomic E-state index is 11.2. The molecule has 0 aliphatic rings. The standard InChI is InChI=1S/C19H31NO3/c1-14(21)15-7-9-17(10-8-15)23-12-16(22)11-20-19(5,6)13-18(2,3)4/h7-10,16,20,22H,11-13H2,1-6H3. The molecule has 0 bridgehead atoms. The fourth-order valence-corrected chi connectivity index (χ4v) is 2.82. The number of Topliss-reactive ketones (excluding diaryl/α,β-unsaturated/α-hetero) is 1. The van der Waals surface area contributed by atoms with E-state index >= 15 is 0 Å². The van der Waals surface area contributed by atoms with Crippen LogP contribution in [0.25, 0.3) is 0 Å². The summed E-state index contributed by atoms with van der Waals surface area (Å²) in [5.41, 5.74) is 0.849. The van der Waals surface area contributed by atoms with Crippen LogP contribution in [0.5, 0.6) is 5.75 Å². The molecule has 0 amide bonds. The SMILES string of the molecule is CC(=O)c1ccc(OCC(O)CNC(C)(C)CC(C)(C)C)cc1. The molecule has 0 aromatic heterocycles. The summed E-state index contributed by atoms with van der Waals surface area (Å²) in [6.45, 7) is 13.2. The van der Waals surface area contributed by atoms with Crippen LogP contribution < -0.4 is 10.1 Å². The molecule has 4 nitrogen and oxygen atoms in total. The molecule has 2 N–H and O–H groups in total. The molecule has 0 fully saturated rings. The third kappa shape index (κ3) is 8.14. The monoisotopic (exact) mass is 321 g/mol. The first kappa shape index (κ1) is 19.7. The summed E-state index contributed by atoms with van der Waals surface area (Å²) < 4.78 is 5.57. The lowest BCUT2D eigenvalue weighted by Gasteiger charge is -2.34. The molecule has 0 heterocycles. The minimum absolute atomic E-state index is 0.0295. The van der Waals surface area contributed by atoms with E-state index in [9.17, 15) is 9.90 Å². The molecule has 23 heavy (non-hydrogen) atoms. The number of aliphatic hydroxyl groups is 1. The van der Waals surface area contributed by atoms with Gasteiger partial charge in [-0.15, -0.1) is 0 Å². The van der Waals surface area contributed by atoms with Gasteiger partial charge in [0.1, 0.15) is 18.5 Å². The highest BCUT2D eigenvalue weighted by molar-refractivity contribution is 5.94. The Bertz CT molecular complexity index is 500. The Hall–Kier alpha value is -1.39. The van der Waals surface area contributed by atoms with Gasteiger partial charge in [-0.2, -0.15) is 0 Å². The van der Waals surface area contributed by atoms with Crippen molar-refractivity contribution in [1.82, 2.24) is 5.32 Å². The van der Waals surface area contributed by atoms with Crippen LogP contribution >= 0.6 is 0 Å². The maximum Gasteiger partial charge on any atom is 0.159 e.